The Morgan fingerprint density at radius 1 is 1.24 bits per heavy atom. The predicted molar refractivity (Wildman–Crippen MR) is 74.2 cm³/mol. The van der Waals surface area contributed by atoms with Crippen LogP contribution in [0.2, 0.25) is 0 Å². The largest absolute Gasteiger partial charge is 0.324 e. The molecule has 1 heterocycles. The van der Waals surface area contributed by atoms with Gasteiger partial charge in [-0.1, -0.05) is 44.2 Å². The van der Waals surface area contributed by atoms with E-state index < -0.39 is 0 Å². The zero-order valence-corrected chi connectivity index (χ0v) is 11.3. The zero-order valence-electron chi connectivity index (χ0n) is 10.5. The number of benzene rings is 1. The van der Waals surface area contributed by atoms with Gasteiger partial charge in [-0.2, -0.15) is 0 Å². The quantitative estimate of drug-likeness (QED) is 0.818. The predicted octanol–water partition coefficient (Wildman–Crippen LogP) is 3.72. The minimum absolute atomic E-state index is 0.0708. The van der Waals surface area contributed by atoms with Gasteiger partial charge in [0.05, 0.1) is 11.7 Å². The van der Waals surface area contributed by atoms with Gasteiger partial charge in [0.15, 0.2) is 0 Å². The first kappa shape index (κ1) is 12.2. The molecule has 1 unspecified atom stereocenters. The van der Waals surface area contributed by atoms with E-state index in [1.165, 1.54) is 5.56 Å². The minimum Gasteiger partial charge on any atom is -0.324 e. The van der Waals surface area contributed by atoms with Gasteiger partial charge < -0.3 is 4.57 Å². The first-order valence-corrected chi connectivity index (χ1v) is 7.01. The van der Waals surface area contributed by atoms with Crippen molar-refractivity contribution in [2.75, 3.05) is 6.26 Å². The molecule has 3 heteroatoms. The number of aromatic nitrogens is 2. The van der Waals surface area contributed by atoms with Crippen LogP contribution >= 0.6 is 11.8 Å². The molecule has 2 nitrogen and oxygen atoms in total. The Hall–Kier alpha value is -1.22. The van der Waals surface area contributed by atoms with E-state index in [4.69, 9.17) is 0 Å². The first-order chi connectivity index (χ1) is 8.16. The first-order valence-electron chi connectivity index (χ1n) is 5.72. The lowest BCUT2D eigenvalue weighted by molar-refractivity contribution is 0.422. The summed E-state index contributed by atoms with van der Waals surface area (Å²) in [7, 11) is 0. The Kier molecular flexibility index (Phi) is 3.57. The lowest BCUT2D eigenvalue weighted by Gasteiger charge is -2.34. The fourth-order valence-electron chi connectivity index (χ4n) is 2.21. The Bertz CT molecular complexity index is 448. The maximum Gasteiger partial charge on any atom is 0.0955 e. The van der Waals surface area contributed by atoms with Gasteiger partial charge in [0, 0.05) is 17.8 Å². The van der Waals surface area contributed by atoms with E-state index in [2.05, 4.69) is 60.0 Å². The van der Waals surface area contributed by atoms with Crippen LogP contribution in [0, 0.1) is 0 Å². The van der Waals surface area contributed by atoms with Crippen LogP contribution in [0.3, 0.4) is 0 Å². The minimum atomic E-state index is 0.0708. The molecule has 0 bridgehead atoms. The van der Waals surface area contributed by atoms with Crippen molar-refractivity contribution in [2.24, 2.45) is 0 Å². The average Bonchev–Trinajstić information content (AvgIpc) is 2.84. The Labute approximate surface area is 107 Å². The molecule has 1 aromatic carbocycles. The zero-order chi connectivity index (χ0) is 12.3. The van der Waals surface area contributed by atoms with E-state index in [0.717, 1.165) is 0 Å². The molecular formula is C14H18N2S. The van der Waals surface area contributed by atoms with Crippen LogP contribution in [0.4, 0.5) is 0 Å². The van der Waals surface area contributed by atoms with E-state index in [9.17, 15) is 0 Å². The normalized spacial score (nSPS) is 13.6. The topological polar surface area (TPSA) is 17.8 Å². The van der Waals surface area contributed by atoms with Crippen molar-refractivity contribution in [1.82, 2.24) is 9.55 Å². The van der Waals surface area contributed by atoms with Crippen molar-refractivity contribution < 1.29 is 0 Å². The third-order valence-corrected chi connectivity index (χ3v) is 4.43. The van der Waals surface area contributed by atoms with E-state index in [0.29, 0.717) is 5.37 Å². The van der Waals surface area contributed by atoms with Crippen molar-refractivity contribution in [3.63, 3.8) is 0 Å². The number of imidazole rings is 1. The van der Waals surface area contributed by atoms with E-state index >= 15 is 0 Å². The number of nitrogens with zero attached hydrogens (tertiary/aromatic N) is 2. The van der Waals surface area contributed by atoms with Gasteiger partial charge >= 0.3 is 0 Å². The number of hydrogen-bond donors (Lipinski definition) is 0. The van der Waals surface area contributed by atoms with Crippen molar-refractivity contribution in [1.29, 1.82) is 0 Å². The molecule has 0 spiro atoms. The highest BCUT2D eigenvalue weighted by atomic mass is 32.2. The third kappa shape index (κ3) is 2.39. The lowest BCUT2D eigenvalue weighted by Crippen LogP contribution is -2.28. The SMILES string of the molecule is CSC(n1ccnc1)C(C)(C)c1ccccc1. The molecule has 0 aliphatic rings. The number of hydrogen-bond acceptors (Lipinski definition) is 2. The molecule has 0 amide bonds. The van der Waals surface area contributed by atoms with Gasteiger partial charge in [-0.3, -0.25) is 0 Å². The molecule has 0 fully saturated rings. The molecule has 90 valence electrons. The summed E-state index contributed by atoms with van der Waals surface area (Å²) in [5, 5.41) is 0.354. The summed E-state index contributed by atoms with van der Waals surface area (Å²) >= 11 is 1.85. The summed E-state index contributed by atoms with van der Waals surface area (Å²) in [4.78, 5) is 4.15. The average molecular weight is 246 g/mol. The molecule has 1 atom stereocenters. The maximum absolute atomic E-state index is 4.15. The van der Waals surface area contributed by atoms with Crippen LogP contribution in [0.15, 0.2) is 49.1 Å². The highest BCUT2D eigenvalue weighted by molar-refractivity contribution is 7.98. The second kappa shape index (κ2) is 4.96. The van der Waals surface area contributed by atoms with Gasteiger partial charge in [0.1, 0.15) is 0 Å². The van der Waals surface area contributed by atoms with Crippen LogP contribution in [-0.2, 0) is 5.41 Å². The number of rotatable bonds is 4. The van der Waals surface area contributed by atoms with Crippen LogP contribution in [-0.4, -0.2) is 15.8 Å². The van der Waals surface area contributed by atoms with Gasteiger partial charge in [0.2, 0.25) is 0 Å². The summed E-state index contributed by atoms with van der Waals surface area (Å²) in [6.07, 6.45) is 7.91. The molecule has 0 aliphatic heterocycles. The van der Waals surface area contributed by atoms with Crippen molar-refractivity contribution in [2.45, 2.75) is 24.6 Å². The van der Waals surface area contributed by atoms with Crippen LogP contribution in [0.5, 0.6) is 0 Å². The Balaban J connectivity index is 2.37. The monoisotopic (exact) mass is 246 g/mol. The summed E-state index contributed by atoms with van der Waals surface area (Å²) in [5.41, 5.74) is 1.43. The van der Waals surface area contributed by atoms with Gasteiger partial charge in [-0.05, 0) is 11.8 Å². The maximum atomic E-state index is 4.15. The van der Waals surface area contributed by atoms with Crippen LogP contribution in [0.25, 0.3) is 0 Å². The fourth-order valence-corrected chi connectivity index (χ4v) is 3.30. The summed E-state index contributed by atoms with van der Waals surface area (Å²) < 4.78 is 2.18. The van der Waals surface area contributed by atoms with Crippen molar-refractivity contribution in [3.8, 4) is 0 Å². The number of thioether (sulfide) groups is 1. The van der Waals surface area contributed by atoms with Gasteiger partial charge in [0.25, 0.3) is 0 Å². The molecule has 2 rings (SSSR count). The molecule has 17 heavy (non-hydrogen) atoms. The fraction of sp³-hybridized carbons (Fsp3) is 0.357. The van der Waals surface area contributed by atoms with Crippen LogP contribution < -0.4 is 0 Å². The lowest BCUT2D eigenvalue weighted by atomic mass is 9.84. The smallest absolute Gasteiger partial charge is 0.0955 e. The van der Waals surface area contributed by atoms with Crippen molar-refractivity contribution >= 4 is 11.8 Å². The summed E-state index contributed by atoms with van der Waals surface area (Å²) in [6.45, 7) is 4.56. The van der Waals surface area contributed by atoms with E-state index in [-0.39, 0.29) is 5.41 Å². The van der Waals surface area contributed by atoms with Crippen LogP contribution in [0.1, 0.15) is 24.8 Å². The third-order valence-electron chi connectivity index (χ3n) is 3.15. The molecule has 0 radical (unpaired) electrons. The molecule has 0 saturated heterocycles. The van der Waals surface area contributed by atoms with Crippen molar-refractivity contribution in [3.05, 3.63) is 54.6 Å². The van der Waals surface area contributed by atoms with Gasteiger partial charge in [-0.15, -0.1) is 11.8 Å². The molecule has 0 aliphatic carbocycles. The van der Waals surface area contributed by atoms with E-state index in [1.54, 1.807) is 0 Å². The Morgan fingerprint density at radius 3 is 2.47 bits per heavy atom. The molecule has 2 aromatic rings. The summed E-state index contributed by atoms with van der Waals surface area (Å²) in [6, 6.07) is 10.6. The van der Waals surface area contributed by atoms with Gasteiger partial charge in [-0.25, -0.2) is 4.98 Å². The standard InChI is InChI=1S/C14H18N2S/c1-14(2,12-7-5-4-6-8-12)13(17-3)16-10-9-15-11-16/h4-11,13H,1-3H3. The highest BCUT2D eigenvalue weighted by Crippen LogP contribution is 2.41. The van der Waals surface area contributed by atoms with E-state index in [1.807, 2.05) is 30.5 Å². The molecular weight excluding hydrogens is 228 g/mol. The second-order valence-corrected chi connectivity index (χ2v) is 5.60. The highest BCUT2D eigenvalue weighted by Gasteiger charge is 2.31. The molecule has 1 aromatic heterocycles. The molecule has 0 saturated carbocycles. The summed E-state index contributed by atoms with van der Waals surface area (Å²) in [5.74, 6) is 0. The Morgan fingerprint density at radius 2 is 1.94 bits per heavy atom. The second-order valence-electron chi connectivity index (χ2n) is 4.69. The molecule has 0 N–H and O–H groups in total.